The van der Waals surface area contributed by atoms with E-state index in [1.54, 1.807) is 0 Å². The van der Waals surface area contributed by atoms with E-state index >= 15 is 0 Å². The maximum atomic E-state index is 3.66. The van der Waals surface area contributed by atoms with Gasteiger partial charge in [0.2, 0.25) is 0 Å². The normalized spacial score (nSPS) is 17.5. The summed E-state index contributed by atoms with van der Waals surface area (Å²) >= 11 is 0. The van der Waals surface area contributed by atoms with Gasteiger partial charge < -0.3 is 5.32 Å². The molecule has 2 nitrogen and oxygen atoms in total. The summed E-state index contributed by atoms with van der Waals surface area (Å²) in [5, 5.41) is 7.10. The van der Waals surface area contributed by atoms with Crippen LogP contribution in [0.15, 0.2) is 60.7 Å². The number of hydrogen-bond donors (Lipinski definition) is 2. The Morgan fingerprint density at radius 1 is 0.789 bits per heavy atom. The molecule has 1 fully saturated rings. The maximum Gasteiger partial charge on any atom is 0.0459 e. The molecule has 2 N–H and O–H groups in total. The van der Waals surface area contributed by atoms with E-state index in [-0.39, 0.29) is 5.54 Å². The van der Waals surface area contributed by atoms with Crippen LogP contribution in [0.4, 0.5) is 0 Å². The zero-order chi connectivity index (χ0) is 13.0. The van der Waals surface area contributed by atoms with Crippen LogP contribution in [0.1, 0.15) is 11.1 Å². The van der Waals surface area contributed by atoms with Crippen LogP contribution in [0.3, 0.4) is 0 Å². The number of nitrogens with one attached hydrogen (secondary N) is 2. The Balaban J connectivity index is 1.79. The third-order valence-corrected chi connectivity index (χ3v) is 3.82. The van der Waals surface area contributed by atoms with Crippen molar-refractivity contribution in [3.8, 4) is 0 Å². The molecule has 0 radical (unpaired) electrons. The Kier molecular flexibility index (Phi) is 3.62. The molecule has 0 aromatic heterocycles. The van der Waals surface area contributed by atoms with E-state index in [0.717, 1.165) is 26.1 Å². The third kappa shape index (κ3) is 3.03. The second-order valence-corrected chi connectivity index (χ2v) is 5.39. The van der Waals surface area contributed by atoms with Gasteiger partial charge in [-0.25, -0.2) is 0 Å². The third-order valence-electron chi connectivity index (χ3n) is 3.82. The zero-order valence-corrected chi connectivity index (χ0v) is 11.1. The van der Waals surface area contributed by atoms with E-state index in [1.807, 2.05) is 0 Å². The van der Waals surface area contributed by atoms with Crippen LogP contribution < -0.4 is 10.6 Å². The molecule has 98 valence electrons. The lowest BCUT2D eigenvalue weighted by atomic mass is 9.85. The molecule has 1 aliphatic rings. The molecular formula is C17H20N2. The molecule has 1 aliphatic heterocycles. The Hall–Kier alpha value is -1.64. The van der Waals surface area contributed by atoms with Crippen molar-refractivity contribution in [3.63, 3.8) is 0 Å². The van der Waals surface area contributed by atoms with Gasteiger partial charge in [-0.1, -0.05) is 60.7 Å². The topological polar surface area (TPSA) is 24.1 Å². The molecule has 0 saturated carbocycles. The molecule has 0 atom stereocenters. The van der Waals surface area contributed by atoms with Crippen molar-refractivity contribution in [3.05, 3.63) is 71.8 Å². The van der Waals surface area contributed by atoms with Crippen molar-refractivity contribution in [2.45, 2.75) is 18.4 Å². The molecule has 0 bridgehead atoms. The summed E-state index contributed by atoms with van der Waals surface area (Å²) in [5.74, 6) is 0. The molecular weight excluding hydrogens is 232 g/mol. The Morgan fingerprint density at radius 2 is 1.32 bits per heavy atom. The lowest BCUT2D eigenvalue weighted by molar-refractivity contribution is 0.392. The molecule has 0 aliphatic carbocycles. The lowest BCUT2D eigenvalue weighted by Gasteiger charge is -2.29. The predicted octanol–water partition coefficient (Wildman–Crippen LogP) is 2.36. The second kappa shape index (κ2) is 5.55. The van der Waals surface area contributed by atoms with Crippen molar-refractivity contribution in [1.29, 1.82) is 0 Å². The summed E-state index contributed by atoms with van der Waals surface area (Å²) in [6.07, 6.45) is 2.13. The van der Waals surface area contributed by atoms with Gasteiger partial charge >= 0.3 is 0 Å². The molecule has 2 aromatic rings. The summed E-state index contributed by atoms with van der Waals surface area (Å²) in [6, 6.07) is 21.5. The number of rotatable bonds is 4. The fourth-order valence-electron chi connectivity index (χ4n) is 2.90. The van der Waals surface area contributed by atoms with E-state index in [0.29, 0.717) is 0 Å². The van der Waals surface area contributed by atoms with Crippen LogP contribution in [-0.2, 0) is 12.8 Å². The summed E-state index contributed by atoms with van der Waals surface area (Å²) in [7, 11) is 0. The first-order valence-corrected chi connectivity index (χ1v) is 6.90. The van der Waals surface area contributed by atoms with Crippen LogP contribution in [-0.4, -0.2) is 18.8 Å². The molecule has 2 heteroatoms. The van der Waals surface area contributed by atoms with E-state index < -0.39 is 0 Å². The quantitative estimate of drug-likeness (QED) is 0.873. The van der Waals surface area contributed by atoms with Crippen LogP contribution in [0.2, 0.25) is 0 Å². The van der Waals surface area contributed by atoms with Crippen LogP contribution >= 0.6 is 0 Å². The van der Waals surface area contributed by atoms with Crippen LogP contribution in [0, 0.1) is 0 Å². The van der Waals surface area contributed by atoms with Crippen molar-refractivity contribution >= 4 is 0 Å². The van der Waals surface area contributed by atoms with E-state index in [4.69, 9.17) is 0 Å². The Morgan fingerprint density at radius 3 is 1.74 bits per heavy atom. The first-order valence-electron chi connectivity index (χ1n) is 6.90. The van der Waals surface area contributed by atoms with Gasteiger partial charge in [0.1, 0.15) is 0 Å². The highest BCUT2D eigenvalue weighted by Gasteiger charge is 2.33. The van der Waals surface area contributed by atoms with Gasteiger partial charge in [0.05, 0.1) is 0 Å². The van der Waals surface area contributed by atoms with Crippen LogP contribution in [0.5, 0.6) is 0 Å². The highest BCUT2D eigenvalue weighted by Crippen LogP contribution is 2.21. The van der Waals surface area contributed by atoms with Gasteiger partial charge in [0, 0.05) is 18.8 Å². The van der Waals surface area contributed by atoms with Crippen LogP contribution in [0.25, 0.3) is 0 Å². The van der Waals surface area contributed by atoms with Gasteiger partial charge in [-0.2, -0.15) is 0 Å². The Labute approximate surface area is 114 Å². The molecule has 3 rings (SSSR count). The van der Waals surface area contributed by atoms with Crippen molar-refractivity contribution in [1.82, 2.24) is 10.6 Å². The zero-order valence-electron chi connectivity index (χ0n) is 11.1. The molecule has 0 amide bonds. The van der Waals surface area contributed by atoms with Crippen molar-refractivity contribution in [2.24, 2.45) is 0 Å². The largest absolute Gasteiger partial charge is 0.303 e. The van der Waals surface area contributed by atoms with Gasteiger partial charge in [-0.05, 0) is 24.0 Å². The standard InChI is InChI=1S/C17H20N2/c1-3-7-15(8-4-1)11-17(13-18-14-19-17)12-16-9-5-2-6-10-16/h1-10,18-19H,11-14H2. The molecule has 19 heavy (non-hydrogen) atoms. The summed E-state index contributed by atoms with van der Waals surface area (Å²) in [5.41, 5.74) is 2.94. The summed E-state index contributed by atoms with van der Waals surface area (Å²) in [6.45, 7) is 1.93. The minimum atomic E-state index is 0.142. The predicted molar refractivity (Wildman–Crippen MR) is 79.0 cm³/mol. The molecule has 0 spiro atoms. The lowest BCUT2D eigenvalue weighted by Crippen LogP contribution is -2.46. The van der Waals surface area contributed by atoms with E-state index in [2.05, 4.69) is 71.3 Å². The first-order chi connectivity index (χ1) is 9.36. The fourth-order valence-corrected chi connectivity index (χ4v) is 2.90. The molecule has 0 unspecified atom stereocenters. The minimum Gasteiger partial charge on any atom is -0.303 e. The van der Waals surface area contributed by atoms with Gasteiger partial charge in [0.15, 0.2) is 0 Å². The van der Waals surface area contributed by atoms with Gasteiger partial charge in [0.25, 0.3) is 0 Å². The smallest absolute Gasteiger partial charge is 0.0459 e. The summed E-state index contributed by atoms with van der Waals surface area (Å²) < 4.78 is 0. The average molecular weight is 252 g/mol. The highest BCUT2D eigenvalue weighted by atomic mass is 15.2. The van der Waals surface area contributed by atoms with Crippen molar-refractivity contribution in [2.75, 3.05) is 13.2 Å². The average Bonchev–Trinajstić information content (AvgIpc) is 2.89. The number of benzene rings is 2. The molecule has 1 saturated heterocycles. The first kappa shape index (κ1) is 12.4. The minimum absolute atomic E-state index is 0.142. The maximum absolute atomic E-state index is 3.66. The SMILES string of the molecule is c1ccc(CC2(Cc3ccccc3)CNCN2)cc1. The number of hydrogen-bond acceptors (Lipinski definition) is 2. The highest BCUT2D eigenvalue weighted by molar-refractivity contribution is 5.24. The fraction of sp³-hybridized carbons (Fsp3) is 0.294. The molecule has 2 aromatic carbocycles. The van der Waals surface area contributed by atoms with Gasteiger partial charge in [-0.3, -0.25) is 5.32 Å². The van der Waals surface area contributed by atoms with Crippen molar-refractivity contribution < 1.29 is 0 Å². The monoisotopic (exact) mass is 252 g/mol. The van der Waals surface area contributed by atoms with E-state index in [1.165, 1.54) is 11.1 Å². The Bertz CT molecular complexity index is 458. The van der Waals surface area contributed by atoms with Gasteiger partial charge in [-0.15, -0.1) is 0 Å². The second-order valence-electron chi connectivity index (χ2n) is 5.39. The van der Waals surface area contributed by atoms with E-state index in [9.17, 15) is 0 Å². The summed E-state index contributed by atoms with van der Waals surface area (Å²) in [4.78, 5) is 0. The molecule has 1 heterocycles.